The first-order chi connectivity index (χ1) is 9.22. The van der Waals surface area contributed by atoms with Crippen LogP contribution in [0.5, 0.6) is 5.75 Å². The van der Waals surface area contributed by atoms with E-state index in [9.17, 15) is 0 Å². The topological polar surface area (TPSA) is 51.4 Å². The van der Waals surface area contributed by atoms with E-state index in [0.29, 0.717) is 12.6 Å². The number of rotatable bonds is 4. The van der Waals surface area contributed by atoms with Crippen LogP contribution < -0.4 is 15.4 Å². The minimum Gasteiger partial charge on any atom is -0.487 e. The summed E-state index contributed by atoms with van der Waals surface area (Å²) in [6, 6.07) is 4.31. The molecule has 1 unspecified atom stereocenters. The van der Waals surface area contributed by atoms with E-state index in [-0.39, 0.29) is 6.10 Å². The molecular weight excluding hydrogens is 238 g/mol. The van der Waals surface area contributed by atoms with Crippen molar-refractivity contribution in [3.8, 4) is 5.75 Å². The predicted octanol–water partition coefficient (Wildman–Crippen LogP) is 2.58. The van der Waals surface area contributed by atoms with E-state index in [0.717, 1.165) is 24.5 Å². The molecule has 0 saturated carbocycles. The molecule has 106 valence electrons. The van der Waals surface area contributed by atoms with Crippen molar-refractivity contribution in [3.05, 3.63) is 18.3 Å². The van der Waals surface area contributed by atoms with Gasteiger partial charge in [0.2, 0.25) is 0 Å². The molecule has 4 heteroatoms. The molecule has 0 aromatic carbocycles. The van der Waals surface area contributed by atoms with Crippen LogP contribution in [0.25, 0.3) is 0 Å². The maximum absolute atomic E-state index is 5.94. The Morgan fingerprint density at radius 3 is 3.00 bits per heavy atom. The lowest BCUT2D eigenvalue weighted by Crippen LogP contribution is -2.41. The maximum atomic E-state index is 5.94. The van der Waals surface area contributed by atoms with Crippen molar-refractivity contribution < 1.29 is 4.74 Å². The molecule has 0 bridgehead atoms. The lowest BCUT2D eigenvalue weighted by Gasteiger charge is -2.31. The van der Waals surface area contributed by atoms with Gasteiger partial charge in [-0.15, -0.1) is 0 Å². The van der Waals surface area contributed by atoms with E-state index in [2.05, 4.69) is 9.88 Å². The smallest absolute Gasteiger partial charge is 0.171 e. The Labute approximate surface area is 116 Å². The number of pyridine rings is 1. The average molecular weight is 263 g/mol. The maximum Gasteiger partial charge on any atom is 0.171 e. The normalized spacial score (nSPS) is 20.4. The zero-order chi connectivity index (χ0) is 13.7. The Morgan fingerprint density at radius 2 is 2.26 bits per heavy atom. The number of hydrogen-bond donors (Lipinski definition) is 1. The quantitative estimate of drug-likeness (QED) is 0.907. The number of anilines is 1. The van der Waals surface area contributed by atoms with Crippen molar-refractivity contribution >= 4 is 5.82 Å². The third-order valence-electron chi connectivity index (χ3n) is 3.53. The van der Waals surface area contributed by atoms with Crippen LogP contribution in [0.2, 0.25) is 0 Å². The minimum atomic E-state index is 0.159. The van der Waals surface area contributed by atoms with Gasteiger partial charge in [0.1, 0.15) is 0 Å². The van der Waals surface area contributed by atoms with E-state index < -0.39 is 0 Å². The summed E-state index contributed by atoms with van der Waals surface area (Å²) in [5.41, 5.74) is 5.94. The van der Waals surface area contributed by atoms with Crippen molar-refractivity contribution in [2.24, 2.45) is 5.73 Å². The SMILES string of the molecule is CC(C)Oc1cccnc1N1CCCCCC1CN. The molecule has 1 aromatic rings. The van der Waals surface area contributed by atoms with Crippen LogP contribution in [0.4, 0.5) is 5.82 Å². The van der Waals surface area contributed by atoms with Crippen molar-refractivity contribution in [2.75, 3.05) is 18.0 Å². The molecule has 0 amide bonds. The standard InChI is InChI=1S/C15H25N3O/c1-12(2)19-14-8-6-9-17-15(14)18-10-5-3-4-7-13(18)11-16/h6,8-9,12-13H,3-5,7,10-11,16H2,1-2H3. The average Bonchev–Trinajstić information content (AvgIpc) is 2.63. The molecule has 0 spiro atoms. The second-order valence-corrected chi connectivity index (χ2v) is 5.42. The molecule has 1 fully saturated rings. The van der Waals surface area contributed by atoms with Gasteiger partial charge in [0.05, 0.1) is 6.10 Å². The molecule has 1 aliphatic rings. The van der Waals surface area contributed by atoms with Crippen LogP contribution in [0.3, 0.4) is 0 Å². The Kier molecular flexibility index (Phi) is 5.02. The van der Waals surface area contributed by atoms with E-state index in [1.807, 2.05) is 32.2 Å². The number of ether oxygens (including phenoxy) is 1. The van der Waals surface area contributed by atoms with Gasteiger partial charge in [0, 0.05) is 25.3 Å². The van der Waals surface area contributed by atoms with Gasteiger partial charge in [-0.1, -0.05) is 12.8 Å². The first kappa shape index (κ1) is 14.1. The number of aromatic nitrogens is 1. The fourth-order valence-electron chi connectivity index (χ4n) is 2.65. The minimum absolute atomic E-state index is 0.159. The predicted molar refractivity (Wildman–Crippen MR) is 78.7 cm³/mol. The molecule has 1 saturated heterocycles. The van der Waals surface area contributed by atoms with Gasteiger partial charge in [-0.25, -0.2) is 4.98 Å². The van der Waals surface area contributed by atoms with Gasteiger partial charge in [0.15, 0.2) is 11.6 Å². The van der Waals surface area contributed by atoms with E-state index in [4.69, 9.17) is 10.5 Å². The second-order valence-electron chi connectivity index (χ2n) is 5.42. The zero-order valence-electron chi connectivity index (χ0n) is 12.0. The van der Waals surface area contributed by atoms with E-state index in [1.54, 1.807) is 0 Å². The number of nitrogens with two attached hydrogens (primary N) is 1. The van der Waals surface area contributed by atoms with Gasteiger partial charge in [-0.3, -0.25) is 0 Å². The Morgan fingerprint density at radius 1 is 1.42 bits per heavy atom. The second kappa shape index (κ2) is 6.75. The Hall–Kier alpha value is -1.29. The molecule has 2 heterocycles. The van der Waals surface area contributed by atoms with E-state index >= 15 is 0 Å². The van der Waals surface area contributed by atoms with Crippen LogP contribution in [0, 0.1) is 0 Å². The summed E-state index contributed by atoms with van der Waals surface area (Å²) >= 11 is 0. The molecule has 19 heavy (non-hydrogen) atoms. The van der Waals surface area contributed by atoms with Crippen LogP contribution in [0.15, 0.2) is 18.3 Å². The van der Waals surface area contributed by atoms with Crippen molar-refractivity contribution in [3.63, 3.8) is 0 Å². The summed E-state index contributed by atoms with van der Waals surface area (Å²) in [6.45, 7) is 5.78. The lowest BCUT2D eigenvalue weighted by molar-refractivity contribution is 0.241. The van der Waals surface area contributed by atoms with Gasteiger partial charge >= 0.3 is 0 Å². The highest BCUT2D eigenvalue weighted by molar-refractivity contribution is 5.53. The molecule has 2 N–H and O–H groups in total. The molecule has 0 radical (unpaired) electrons. The van der Waals surface area contributed by atoms with Crippen molar-refractivity contribution in [1.82, 2.24) is 4.98 Å². The third-order valence-corrected chi connectivity index (χ3v) is 3.53. The molecule has 1 aliphatic heterocycles. The van der Waals surface area contributed by atoms with Crippen LogP contribution in [0.1, 0.15) is 39.5 Å². The fourth-order valence-corrected chi connectivity index (χ4v) is 2.65. The van der Waals surface area contributed by atoms with Crippen LogP contribution in [-0.4, -0.2) is 30.2 Å². The summed E-state index contributed by atoms with van der Waals surface area (Å²) in [5, 5.41) is 0. The largest absolute Gasteiger partial charge is 0.487 e. The van der Waals surface area contributed by atoms with Crippen LogP contribution in [-0.2, 0) is 0 Å². The highest BCUT2D eigenvalue weighted by atomic mass is 16.5. The van der Waals surface area contributed by atoms with Gasteiger partial charge < -0.3 is 15.4 Å². The summed E-state index contributed by atoms with van der Waals surface area (Å²) in [6.07, 6.45) is 6.88. The summed E-state index contributed by atoms with van der Waals surface area (Å²) in [7, 11) is 0. The number of nitrogens with zero attached hydrogens (tertiary/aromatic N) is 2. The summed E-state index contributed by atoms with van der Waals surface area (Å²) < 4.78 is 5.89. The fraction of sp³-hybridized carbons (Fsp3) is 0.667. The molecule has 4 nitrogen and oxygen atoms in total. The molecule has 1 aromatic heterocycles. The van der Waals surface area contributed by atoms with Crippen molar-refractivity contribution in [1.29, 1.82) is 0 Å². The first-order valence-corrected chi connectivity index (χ1v) is 7.30. The molecule has 0 aliphatic carbocycles. The first-order valence-electron chi connectivity index (χ1n) is 7.30. The van der Waals surface area contributed by atoms with Crippen molar-refractivity contribution in [2.45, 2.75) is 51.7 Å². The van der Waals surface area contributed by atoms with Crippen LogP contribution >= 0.6 is 0 Å². The third kappa shape index (κ3) is 3.60. The molecule has 2 rings (SSSR count). The van der Waals surface area contributed by atoms with E-state index in [1.165, 1.54) is 19.3 Å². The highest BCUT2D eigenvalue weighted by Gasteiger charge is 2.23. The lowest BCUT2D eigenvalue weighted by atomic mass is 10.1. The number of hydrogen-bond acceptors (Lipinski definition) is 4. The van der Waals surface area contributed by atoms with Gasteiger partial charge in [-0.05, 0) is 38.8 Å². The Bertz CT molecular complexity index is 395. The van der Waals surface area contributed by atoms with Gasteiger partial charge in [0.25, 0.3) is 0 Å². The zero-order valence-corrected chi connectivity index (χ0v) is 12.0. The van der Waals surface area contributed by atoms with Gasteiger partial charge in [-0.2, -0.15) is 0 Å². The molecular formula is C15H25N3O. The monoisotopic (exact) mass is 263 g/mol. The summed E-state index contributed by atoms with van der Waals surface area (Å²) in [5.74, 6) is 1.83. The summed E-state index contributed by atoms with van der Waals surface area (Å²) in [4.78, 5) is 6.88. The highest BCUT2D eigenvalue weighted by Crippen LogP contribution is 2.30. The Balaban J connectivity index is 2.27. The molecule has 1 atom stereocenters.